The van der Waals surface area contributed by atoms with E-state index in [0.29, 0.717) is 18.7 Å². The molecule has 2 N–H and O–H groups in total. The quantitative estimate of drug-likeness (QED) is 0.867. The molecule has 0 aromatic heterocycles. The lowest BCUT2D eigenvalue weighted by Gasteiger charge is -2.08. The van der Waals surface area contributed by atoms with Crippen molar-refractivity contribution in [2.45, 2.75) is 19.9 Å². The molecule has 2 amide bonds. The monoisotopic (exact) mass is 352 g/mol. The van der Waals surface area contributed by atoms with Crippen molar-refractivity contribution in [2.75, 3.05) is 12.1 Å². The number of carbonyl (C=O) groups is 2. The molecule has 134 valence electrons. The van der Waals surface area contributed by atoms with Crippen LogP contribution >= 0.6 is 0 Å². The maximum absolute atomic E-state index is 12.3. The maximum Gasteiger partial charge on any atom is 0.231 e. The first kappa shape index (κ1) is 16.4. The molecule has 2 aliphatic rings. The average molecular weight is 352 g/mol. The van der Waals surface area contributed by atoms with Crippen LogP contribution < -0.4 is 20.1 Å². The lowest BCUT2D eigenvalue weighted by Crippen LogP contribution is -2.27. The molecule has 26 heavy (non-hydrogen) atoms. The fraction of sp³-hybridized carbons (Fsp3) is 0.300. The molecule has 1 heterocycles. The average Bonchev–Trinajstić information content (AvgIpc) is 3.32. The van der Waals surface area contributed by atoms with E-state index in [-0.39, 0.29) is 30.4 Å². The minimum Gasteiger partial charge on any atom is -0.454 e. The van der Waals surface area contributed by atoms with Crippen molar-refractivity contribution < 1.29 is 19.1 Å². The third-order valence-corrected chi connectivity index (χ3v) is 4.77. The molecule has 6 nitrogen and oxygen atoms in total. The predicted octanol–water partition coefficient (Wildman–Crippen LogP) is 2.61. The Bertz CT molecular complexity index is 865. The second-order valence-corrected chi connectivity index (χ2v) is 6.66. The third kappa shape index (κ3) is 3.35. The molecule has 2 aromatic rings. The van der Waals surface area contributed by atoms with Crippen molar-refractivity contribution in [3.05, 3.63) is 53.6 Å². The predicted molar refractivity (Wildman–Crippen MR) is 95.8 cm³/mol. The van der Waals surface area contributed by atoms with Crippen LogP contribution in [0.3, 0.4) is 0 Å². The molecule has 6 heteroatoms. The number of rotatable bonds is 5. The van der Waals surface area contributed by atoms with E-state index in [9.17, 15) is 9.59 Å². The Hall–Kier alpha value is -3.02. The molecule has 1 fully saturated rings. The molecule has 2 aromatic carbocycles. The number of carbonyl (C=O) groups excluding carboxylic acids is 2. The lowest BCUT2D eigenvalue weighted by molar-refractivity contribution is -0.125. The molecule has 0 bridgehead atoms. The van der Waals surface area contributed by atoms with Gasteiger partial charge in [-0.15, -0.1) is 0 Å². The molecular weight excluding hydrogens is 332 g/mol. The van der Waals surface area contributed by atoms with Gasteiger partial charge in [-0.1, -0.05) is 24.3 Å². The summed E-state index contributed by atoms with van der Waals surface area (Å²) < 4.78 is 10.6. The largest absolute Gasteiger partial charge is 0.454 e. The molecule has 1 aliphatic carbocycles. The third-order valence-electron chi connectivity index (χ3n) is 4.77. The topological polar surface area (TPSA) is 76.7 Å². The van der Waals surface area contributed by atoms with Gasteiger partial charge in [-0.05, 0) is 42.7 Å². The second kappa shape index (κ2) is 6.71. The fourth-order valence-electron chi connectivity index (χ4n) is 3.08. The van der Waals surface area contributed by atoms with Gasteiger partial charge in [0.15, 0.2) is 11.5 Å². The Morgan fingerprint density at radius 1 is 1.04 bits per heavy atom. The van der Waals surface area contributed by atoms with Crippen LogP contribution in [0.1, 0.15) is 17.5 Å². The van der Waals surface area contributed by atoms with Gasteiger partial charge in [0, 0.05) is 12.2 Å². The number of ether oxygens (including phenoxy) is 2. The van der Waals surface area contributed by atoms with Crippen LogP contribution in [0.15, 0.2) is 42.5 Å². The van der Waals surface area contributed by atoms with Crippen LogP contribution in [-0.2, 0) is 16.1 Å². The minimum absolute atomic E-state index is 0.0902. The van der Waals surface area contributed by atoms with Gasteiger partial charge in [0.2, 0.25) is 18.6 Å². The molecule has 0 radical (unpaired) electrons. The van der Waals surface area contributed by atoms with Gasteiger partial charge in [0.05, 0.1) is 11.8 Å². The summed E-state index contributed by atoms with van der Waals surface area (Å²) in [5.74, 6) is 0.711. The van der Waals surface area contributed by atoms with Gasteiger partial charge in [-0.2, -0.15) is 0 Å². The van der Waals surface area contributed by atoms with Gasteiger partial charge in [-0.3, -0.25) is 9.59 Å². The summed E-state index contributed by atoms with van der Waals surface area (Å²) in [6.07, 6.45) is 0.588. The van der Waals surface area contributed by atoms with E-state index in [1.165, 1.54) is 0 Å². The summed E-state index contributed by atoms with van der Waals surface area (Å²) in [5.41, 5.74) is 2.73. The number of fused-ring (bicyclic) bond motifs is 1. The van der Waals surface area contributed by atoms with Crippen molar-refractivity contribution in [3.8, 4) is 11.5 Å². The van der Waals surface area contributed by atoms with Gasteiger partial charge in [0.1, 0.15) is 0 Å². The summed E-state index contributed by atoms with van der Waals surface area (Å²) in [6.45, 7) is 2.57. The van der Waals surface area contributed by atoms with Crippen LogP contribution in [0.25, 0.3) is 0 Å². The zero-order valence-electron chi connectivity index (χ0n) is 14.5. The first-order chi connectivity index (χ1) is 12.6. The number of nitrogens with one attached hydrogen (secondary N) is 2. The Morgan fingerprint density at radius 2 is 1.81 bits per heavy atom. The smallest absolute Gasteiger partial charge is 0.231 e. The molecular formula is C20H20N2O4. The fourth-order valence-corrected chi connectivity index (χ4v) is 3.08. The first-order valence-electron chi connectivity index (χ1n) is 8.64. The number of anilines is 1. The van der Waals surface area contributed by atoms with Crippen molar-refractivity contribution >= 4 is 17.5 Å². The standard InChI is InChI=1S/C20H20N2O4/c1-12-4-2-3-5-16(12)22-20(24)15-9-14(15)19(23)21-10-13-6-7-17-18(8-13)26-11-25-17/h2-8,14-15H,9-11H2,1H3,(H,21,23)(H,22,24). The zero-order valence-corrected chi connectivity index (χ0v) is 14.5. The van der Waals surface area contributed by atoms with Crippen molar-refractivity contribution in [3.63, 3.8) is 0 Å². The molecule has 0 saturated heterocycles. The Balaban J connectivity index is 1.29. The van der Waals surface area contributed by atoms with E-state index in [4.69, 9.17) is 9.47 Å². The highest BCUT2D eigenvalue weighted by atomic mass is 16.7. The van der Waals surface area contributed by atoms with E-state index in [0.717, 1.165) is 22.6 Å². The highest BCUT2D eigenvalue weighted by Gasteiger charge is 2.47. The van der Waals surface area contributed by atoms with Gasteiger partial charge in [0.25, 0.3) is 0 Å². The van der Waals surface area contributed by atoms with Gasteiger partial charge < -0.3 is 20.1 Å². The normalized spacial score (nSPS) is 19.7. The number of amides is 2. The summed E-state index contributed by atoms with van der Waals surface area (Å²) in [4.78, 5) is 24.6. The van der Waals surface area contributed by atoms with E-state index in [1.54, 1.807) is 0 Å². The number of hydrogen-bond donors (Lipinski definition) is 2. The minimum atomic E-state index is -0.258. The second-order valence-electron chi connectivity index (χ2n) is 6.66. The summed E-state index contributed by atoms with van der Waals surface area (Å²) in [6, 6.07) is 13.2. The van der Waals surface area contributed by atoms with Gasteiger partial charge in [-0.25, -0.2) is 0 Å². The molecule has 2 atom stereocenters. The van der Waals surface area contributed by atoms with Crippen molar-refractivity contribution in [2.24, 2.45) is 11.8 Å². The lowest BCUT2D eigenvalue weighted by atomic mass is 10.2. The molecule has 0 spiro atoms. The molecule has 4 rings (SSSR count). The van der Waals surface area contributed by atoms with Crippen LogP contribution in [0.5, 0.6) is 11.5 Å². The zero-order chi connectivity index (χ0) is 18.1. The Labute approximate surface area is 151 Å². The number of benzene rings is 2. The summed E-state index contributed by atoms with van der Waals surface area (Å²) >= 11 is 0. The van der Waals surface area contributed by atoms with E-state index in [2.05, 4.69) is 10.6 Å². The number of aryl methyl sites for hydroxylation is 1. The van der Waals surface area contributed by atoms with Crippen molar-refractivity contribution in [1.29, 1.82) is 0 Å². The highest BCUT2D eigenvalue weighted by Crippen LogP contribution is 2.40. The first-order valence-corrected chi connectivity index (χ1v) is 8.64. The van der Waals surface area contributed by atoms with E-state index in [1.807, 2.05) is 49.4 Å². The van der Waals surface area contributed by atoms with Crippen molar-refractivity contribution in [1.82, 2.24) is 5.32 Å². The summed E-state index contributed by atoms with van der Waals surface area (Å²) in [5, 5.41) is 5.81. The van der Waals surface area contributed by atoms with E-state index < -0.39 is 0 Å². The van der Waals surface area contributed by atoms with Crippen LogP contribution in [-0.4, -0.2) is 18.6 Å². The molecule has 1 saturated carbocycles. The molecule has 1 aliphatic heterocycles. The Morgan fingerprint density at radius 3 is 2.65 bits per heavy atom. The van der Waals surface area contributed by atoms with E-state index >= 15 is 0 Å². The van der Waals surface area contributed by atoms with Crippen LogP contribution in [0, 0.1) is 18.8 Å². The highest BCUT2D eigenvalue weighted by molar-refractivity contribution is 5.99. The summed E-state index contributed by atoms with van der Waals surface area (Å²) in [7, 11) is 0. The van der Waals surface area contributed by atoms with Crippen LogP contribution in [0.4, 0.5) is 5.69 Å². The Kier molecular flexibility index (Phi) is 4.24. The van der Waals surface area contributed by atoms with Crippen LogP contribution in [0.2, 0.25) is 0 Å². The maximum atomic E-state index is 12.3. The SMILES string of the molecule is Cc1ccccc1NC(=O)C1CC1C(=O)NCc1ccc2c(c1)OCO2. The number of para-hydroxylation sites is 1. The van der Waals surface area contributed by atoms with Gasteiger partial charge >= 0.3 is 0 Å². The molecule has 2 unspecified atom stereocenters. The number of hydrogen-bond acceptors (Lipinski definition) is 4.